The number of alkyl halides is 3. The Balaban J connectivity index is 1.35. The fourth-order valence-electron chi connectivity index (χ4n) is 5.09. The number of hydrogen-bond donors (Lipinski definition) is 1. The molecule has 5 rings (SSSR count). The lowest BCUT2D eigenvalue weighted by molar-refractivity contribution is -0.137. The topological polar surface area (TPSA) is 75.4 Å². The molecule has 2 aliphatic rings. The zero-order valence-corrected chi connectivity index (χ0v) is 19.1. The van der Waals surface area contributed by atoms with Crippen LogP contribution in [0.3, 0.4) is 0 Å². The summed E-state index contributed by atoms with van der Waals surface area (Å²) in [6, 6.07) is 13.3. The first-order chi connectivity index (χ1) is 16.8. The van der Waals surface area contributed by atoms with Gasteiger partial charge in [0.1, 0.15) is 18.0 Å². The maximum absolute atomic E-state index is 13.0. The van der Waals surface area contributed by atoms with E-state index in [1.807, 2.05) is 24.3 Å². The summed E-state index contributed by atoms with van der Waals surface area (Å²) < 4.78 is 39.0. The summed E-state index contributed by atoms with van der Waals surface area (Å²) in [5, 5.41) is 0. The van der Waals surface area contributed by atoms with Gasteiger partial charge in [-0.1, -0.05) is 36.4 Å². The molecule has 0 spiro atoms. The zero-order valence-electron chi connectivity index (χ0n) is 19.1. The number of nitrogens with two attached hydrogens (primary N) is 1. The van der Waals surface area contributed by atoms with E-state index in [0.717, 1.165) is 78.4 Å². The highest BCUT2D eigenvalue weighted by molar-refractivity contribution is 5.76. The molecule has 1 aromatic heterocycles. The Morgan fingerprint density at radius 3 is 2.34 bits per heavy atom. The number of carbonyl (C=O) groups is 1. The number of amides is 1. The van der Waals surface area contributed by atoms with Crippen molar-refractivity contribution in [2.45, 2.75) is 44.4 Å². The van der Waals surface area contributed by atoms with E-state index >= 15 is 0 Å². The molecule has 3 aromatic rings. The number of primary amides is 1. The highest BCUT2D eigenvalue weighted by Gasteiger charge is 2.34. The van der Waals surface area contributed by atoms with Crippen molar-refractivity contribution in [1.82, 2.24) is 9.97 Å². The number of fused-ring (bicyclic) bond motifs is 1. The van der Waals surface area contributed by atoms with Crippen molar-refractivity contribution in [3.05, 3.63) is 82.7 Å². The Morgan fingerprint density at radius 2 is 1.66 bits per heavy atom. The molecule has 1 amide bonds. The fourth-order valence-corrected chi connectivity index (χ4v) is 5.09. The molecule has 2 N–H and O–H groups in total. The SMILES string of the molecule is NC(=O)Cc1ccc(CN2CCc3c2ncnc3N2CCC[C@@H]2c2ccc(C(F)(F)F)cc2)cc1. The van der Waals surface area contributed by atoms with Gasteiger partial charge in [0.25, 0.3) is 0 Å². The average molecular weight is 482 g/mol. The largest absolute Gasteiger partial charge is 0.416 e. The monoisotopic (exact) mass is 481 g/mol. The first-order valence-corrected chi connectivity index (χ1v) is 11.7. The van der Waals surface area contributed by atoms with Gasteiger partial charge in [-0.3, -0.25) is 4.79 Å². The van der Waals surface area contributed by atoms with E-state index in [1.54, 1.807) is 18.5 Å². The number of aromatic nitrogens is 2. The molecular weight excluding hydrogens is 455 g/mol. The minimum absolute atomic E-state index is 0.0110. The Kier molecular flexibility index (Phi) is 6.08. The van der Waals surface area contributed by atoms with Crippen LogP contribution in [0.4, 0.5) is 24.8 Å². The Morgan fingerprint density at radius 1 is 0.971 bits per heavy atom. The van der Waals surface area contributed by atoms with Crippen molar-refractivity contribution >= 4 is 17.5 Å². The van der Waals surface area contributed by atoms with Gasteiger partial charge in [0.05, 0.1) is 18.0 Å². The van der Waals surface area contributed by atoms with Gasteiger partial charge in [-0.15, -0.1) is 0 Å². The second-order valence-corrected chi connectivity index (χ2v) is 9.10. The highest BCUT2D eigenvalue weighted by Crippen LogP contribution is 2.41. The third-order valence-electron chi connectivity index (χ3n) is 6.75. The van der Waals surface area contributed by atoms with Crippen LogP contribution in [0.25, 0.3) is 0 Å². The van der Waals surface area contributed by atoms with E-state index in [2.05, 4.69) is 19.8 Å². The molecule has 182 valence electrons. The van der Waals surface area contributed by atoms with E-state index in [9.17, 15) is 18.0 Å². The molecular formula is C26H26F3N5O. The number of carbonyl (C=O) groups excluding carboxylic acids is 1. The summed E-state index contributed by atoms with van der Waals surface area (Å²) >= 11 is 0. The summed E-state index contributed by atoms with van der Waals surface area (Å²) in [7, 11) is 0. The molecule has 1 fully saturated rings. The molecule has 2 aromatic carbocycles. The second kappa shape index (κ2) is 9.20. The van der Waals surface area contributed by atoms with Gasteiger partial charge in [0.15, 0.2) is 0 Å². The van der Waals surface area contributed by atoms with Gasteiger partial charge in [-0.2, -0.15) is 13.2 Å². The molecule has 0 saturated carbocycles. The lowest BCUT2D eigenvalue weighted by Gasteiger charge is -2.28. The van der Waals surface area contributed by atoms with E-state index in [4.69, 9.17) is 5.73 Å². The molecule has 6 nitrogen and oxygen atoms in total. The summed E-state index contributed by atoms with van der Waals surface area (Å²) in [6.45, 7) is 2.29. The first-order valence-electron chi connectivity index (χ1n) is 11.7. The minimum atomic E-state index is -4.34. The van der Waals surface area contributed by atoms with E-state index < -0.39 is 11.7 Å². The van der Waals surface area contributed by atoms with Gasteiger partial charge < -0.3 is 15.5 Å². The molecule has 1 saturated heterocycles. The lowest BCUT2D eigenvalue weighted by atomic mass is 10.0. The smallest absolute Gasteiger partial charge is 0.369 e. The van der Waals surface area contributed by atoms with Crippen LogP contribution in [0, 0.1) is 0 Å². The normalized spacial score (nSPS) is 17.6. The van der Waals surface area contributed by atoms with Crippen LogP contribution in [-0.2, 0) is 30.4 Å². The predicted octanol–water partition coefficient (Wildman–Crippen LogP) is 4.43. The number of nitrogens with zero attached hydrogens (tertiary/aromatic N) is 4. The zero-order chi connectivity index (χ0) is 24.6. The van der Waals surface area contributed by atoms with Crippen molar-refractivity contribution in [3.63, 3.8) is 0 Å². The summed E-state index contributed by atoms with van der Waals surface area (Å²) in [5.41, 5.74) is 8.58. The van der Waals surface area contributed by atoms with E-state index in [-0.39, 0.29) is 18.4 Å². The van der Waals surface area contributed by atoms with E-state index in [0.29, 0.717) is 6.54 Å². The third-order valence-corrected chi connectivity index (χ3v) is 6.75. The van der Waals surface area contributed by atoms with Crippen LogP contribution in [0.2, 0.25) is 0 Å². The molecule has 0 unspecified atom stereocenters. The fraction of sp³-hybridized carbons (Fsp3) is 0.346. The van der Waals surface area contributed by atoms with Crippen LogP contribution in [0.1, 0.15) is 46.7 Å². The predicted molar refractivity (Wildman–Crippen MR) is 127 cm³/mol. The highest BCUT2D eigenvalue weighted by atomic mass is 19.4. The van der Waals surface area contributed by atoms with Crippen molar-refractivity contribution in [3.8, 4) is 0 Å². The van der Waals surface area contributed by atoms with Gasteiger partial charge in [-0.05, 0) is 48.1 Å². The minimum Gasteiger partial charge on any atom is -0.369 e. The van der Waals surface area contributed by atoms with Gasteiger partial charge in [0, 0.05) is 25.2 Å². The van der Waals surface area contributed by atoms with Gasteiger partial charge in [0.2, 0.25) is 5.91 Å². The maximum atomic E-state index is 13.0. The van der Waals surface area contributed by atoms with Crippen molar-refractivity contribution in [1.29, 1.82) is 0 Å². The summed E-state index contributed by atoms with van der Waals surface area (Å²) in [5.74, 6) is 1.41. The Bertz CT molecular complexity index is 1210. The summed E-state index contributed by atoms with van der Waals surface area (Å²) in [4.78, 5) is 24.7. The third kappa shape index (κ3) is 4.80. The lowest BCUT2D eigenvalue weighted by Crippen LogP contribution is -2.25. The standard InChI is InChI=1S/C26H26F3N5O/c27-26(28,29)20-9-7-19(8-10-20)22-2-1-12-34(22)25-21-11-13-33(24(21)31-16-32-25)15-18-5-3-17(4-6-18)14-23(30)35/h3-10,16,22H,1-2,11-15H2,(H2,30,35)/t22-/m1/s1. The molecule has 9 heteroatoms. The van der Waals surface area contributed by atoms with Crippen molar-refractivity contribution < 1.29 is 18.0 Å². The molecule has 0 radical (unpaired) electrons. The van der Waals surface area contributed by atoms with Crippen LogP contribution in [0.15, 0.2) is 54.9 Å². The van der Waals surface area contributed by atoms with Gasteiger partial charge >= 0.3 is 6.18 Å². The van der Waals surface area contributed by atoms with Crippen LogP contribution in [-0.4, -0.2) is 29.0 Å². The number of anilines is 2. The Labute approximate surface area is 201 Å². The number of benzene rings is 2. The van der Waals surface area contributed by atoms with Crippen molar-refractivity contribution in [2.75, 3.05) is 22.9 Å². The van der Waals surface area contributed by atoms with Crippen LogP contribution < -0.4 is 15.5 Å². The maximum Gasteiger partial charge on any atom is 0.416 e. The van der Waals surface area contributed by atoms with Crippen molar-refractivity contribution in [2.24, 2.45) is 5.73 Å². The Hall–Kier alpha value is -3.62. The number of halogens is 3. The van der Waals surface area contributed by atoms with Crippen LogP contribution in [0.5, 0.6) is 0 Å². The van der Waals surface area contributed by atoms with Crippen LogP contribution >= 0.6 is 0 Å². The molecule has 0 bridgehead atoms. The molecule has 1 atom stereocenters. The molecule has 35 heavy (non-hydrogen) atoms. The molecule has 3 heterocycles. The second-order valence-electron chi connectivity index (χ2n) is 9.10. The van der Waals surface area contributed by atoms with E-state index in [1.165, 1.54) is 0 Å². The number of rotatable bonds is 6. The average Bonchev–Trinajstić information content (AvgIpc) is 3.47. The van der Waals surface area contributed by atoms with Gasteiger partial charge in [-0.25, -0.2) is 9.97 Å². The molecule has 0 aliphatic carbocycles. The first kappa shape index (κ1) is 23.1. The number of hydrogen-bond acceptors (Lipinski definition) is 5. The quantitative estimate of drug-likeness (QED) is 0.564. The summed E-state index contributed by atoms with van der Waals surface area (Å²) in [6.07, 6.45) is 0.0791. The molecule has 2 aliphatic heterocycles.